The fraction of sp³-hybridized carbons (Fsp3) is 0.308. The Morgan fingerprint density at radius 2 is 2.20 bits per heavy atom. The van der Waals surface area contributed by atoms with Crippen LogP contribution in [-0.4, -0.2) is 22.0 Å². The summed E-state index contributed by atoms with van der Waals surface area (Å²) >= 11 is 5.99. The lowest BCUT2D eigenvalue weighted by molar-refractivity contribution is -0.384. The lowest BCUT2D eigenvalue weighted by Gasteiger charge is -2.22. The first-order chi connectivity index (χ1) is 9.49. The van der Waals surface area contributed by atoms with E-state index in [-0.39, 0.29) is 28.0 Å². The number of allylic oxidation sites excluding steroid dienone is 1. The van der Waals surface area contributed by atoms with Gasteiger partial charge >= 0.3 is 5.97 Å². The molecule has 0 bridgehead atoms. The number of non-ortho nitro benzene ring substituents is 1. The van der Waals surface area contributed by atoms with Crippen molar-refractivity contribution in [1.29, 1.82) is 0 Å². The number of carbonyl (C=O) groups is 1. The van der Waals surface area contributed by atoms with Crippen molar-refractivity contribution in [2.24, 2.45) is 0 Å². The van der Waals surface area contributed by atoms with Crippen LogP contribution in [0.5, 0.6) is 0 Å². The third kappa shape index (κ3) is 3.08. The molecule has 6 nitrogen and oxygen atoms in total. The second-order valence-corrected chi connectivity index (χ2v) is 4.95. The molecule has 1 aromatic carbocycles. The highest BCUT2D eigenvalue weighted by Crippen LogP contribution is 2.33. The van der Waals surface area contributed by atoms with Crippen LogP contribution in [0.15, 0.2) is 24.3 Å². The number of hydrogen-bond donors (Lipinski definition) is 2. The number of carboxylic acid groups (broad SMARTS) is 1. The minimum Gasteiger partial charge on any atom is -0.478 e. The Labute approximate surface area is 120 Å². The van der Waals surface area contributed by atoms with Crippen LogP contribution < -0.4 is 5.32 Å². The van der Waals surface area contributed by atoms with Gasteiger partial charge in [-0.3, -0.25) is 10.1 Å². The number of benzene rings is 1. The van der Waals surface area contributed by atoms with Gasteiger partial charge in [0.05, 0.1) is 21.2 Å². The predicted molar refractivity (Wildman–Crippen MR) is 75.5 cm³/mol. The molecule has 0 aliphatic heterocycles. The van der Waals surface area contributed by atoms with E-state index < -0.39 is 10.9 Å². The van der Waals surface area contributed by atoms with Gasteiger partial charge in [0.15, 0.2) is 0 Å². The number of hydrogen-bond acceptors (Lipinski definition) is 4. The van der Waals surface area contributed by atoms with Crippen molar-refractivity contribution in [2.45, 2.75) is 25.3 Å². The molecular formula is C13H13ClN2O4. The number of rotatable bonds is 4. The van der Waals surface area contributed by atoms with E-state index in [2.05, 4.69) is 11.4 Å². The zero-order valence-electron chi connectivity index (χ0n) is 10.5. The topological polar surface area (TPSA) is 92.5 Å². The summed E-state index contributed by atoms with van der Waals surface area (Å²) in [5.74, 6) is -1.25. The van der Waals surface area contributed by atoms with Crippen molar-refractivity contribution in [3.63, 3.8) is 0 Å². The summed E-state index contributed by atoms with van der Waals surface area (Å²) in [5, 5.41) is 23.1. The van der Waals surface area contributed by atoms with E-state index >= 15 is 0 Å². The predicted octanol–water partition coefficient (Wildman–Crippen LogP) is 3.47. The highest BCUT2D eigenvalue weighted by atomic mass is 35.5. The van der Waals surface area contributed by atoms with E-state index in [0.717, 1.165) is 31.4 Å². The molecule has 1 aliphatic carbocycles. The van der Waals surface area contributed by atoms with Crippen molar-refractivity contribution in [3.8, 4) is 0 Å². The van der Waals surface area contributed by atoms with Crippen molar-refractivity contribution >= 4 is 28.9 Å². The Morgan fingerprint density at radius 3 is 2.75 bits per heavy atom. The summed E-state index contributed by atoms with van der Waals surface area (Å²) in [6.45, 7) is 0. The summed E-state index contributed by atoms with van der Waals surface area (Å²) in [4.78, 5) is 21.3. The molecule has 0 heterocycles. The fourth-order valence-corrected chi connectivity index (χ4v) is 2.41. The van der Waals surface area contributed by atoms with Crippen LogP contribution in [0.1, 0.15) is 29.6 Å². The van der Waals surface area contributed by atoms with E-state index in [1.165, 1.54) is 0 Å². The molecule has 106 valence electrons. The second-order valence-electron chi connectivity index (χ2n) is 4.54. The van der Waals surface area contributed by atoms with Gasteiger partial charge in [-0.15, -0.1) is 0 Å². The van der Waals surface area contributed by atoms with E-state index in [9.17, 15) is 20.0 Å². The highest BCUT2D eigenvalue weighted by molar-refractivity contribution is 6.34. The highest BCUT2D eigenvalue weighted by Gasteiger charge is 2.22. The SMILES string of the molecule is O=C(O)c1cc([N+](=O)[O-])cc(Cl)c1NC1CC=CCC1. The molecule has 1 unspecified atom stereocenters. The Kier molecular flexibility index (Phi) is 4.24. The van der Waals surface area contributed by atoms with Gasteiger partial charge in [-0.2, -0.15) is 0 Å². The number of nitrogens with zero attached hydrogens (tertiary/aromatic N) is 1. The summed E-state index contributed by atoms with van der Waals surface area (Å²) < 4.78 is 0. The van der Waals surface area contributed by atoms with Gasteiger partial charge in [0.25, 0.3) is 5.69 Å². The largest absolute Gasteiger partial charge is 0.478 e. The molecule has 1 aliphatic rings. The zero-order valence-corrected chi connectivity index (χ0v) is 11.3. The lowest BCUT2D eigenvalue weighted by atomic mass is 10.0. The fourth-order valence-electron chi connectivity index (χ4n) is 2.14. The maximum absolute atomic E-state index is 11.3. The maximum Gasteiger partial charge on any atom is 0.338 e. The van der Waals surface area contributed by atoms with Crippen LogP contribution in [0.4, 0.5) is 11.4 Å². The van der Waals surface area contributed by atoms with E-state index in [1.54, 1.807) is 0 Å². The minimum atomic E-state index is -1.25. The number of aromatic carboxylic acids is 1. The van der Waals surface area contributed by atoms with Gasteiger partial charge in [0, 0.05) is 18.2 Å². The number of nitro groups is 1. The first-order valence-electron chi connectivity index (χ1n) is 6.12. The molecule has 1 aromatic rings. The van der Waals surface area contributed by atoms with E-state index in [1.807, 2.05) is 6.08 Å². The van der Waals surface area contributed by atoms with Crippen LogP contribution in [-0.2, 0) is 0 Å². The molecule has 1 atom stereocenters. The number of carboxylic acids is 1. The Balaban J connectivity index is 2.37. The number of halogens is 1. The van der Waals surface area contributed by atoms with Crippen molar-refractivity contribution in [1.82, 2.24) is 0 Å². The number of nitro benzene ring substituents is 1. The Morgan fingerprint density at radius 1 is 1.45 bits per heavy atom. The van der Waals surface area contributed by atoms with Crippen LogP contribution >= 0.6 is 11.6 Å². The number of anilines is 1. The van der Waals surface area contributed by atoms with Gasteiger partial charge in [0.2, 0.25) is 0 Å². The van der Waals surface area contributed by atoms with Crippen LogP contribution in [0.3, 0.4) is 0 Å². The third-order valence-corrected chi connectivity index (χ3v) is 3.43. The first-order valence-corrected chi connectivity index (χ1v) is 6.49. The molecule has 2 rings (SSSR count). The summed E-state index contributed by atoms with van der Waals surface area (Å²) in [6.07, 6.45) is 6.62. The van der Waals surface area contributed by atoms with Gasteiger partial charge in [0.1, 0.15) is 0 Å². The van der Waals surface area contributed by atoms with Crippen molar-refractivity contribution in [2.75, 3.05) is 5.32 Å². The monoisotopic (exact) mass is 296 g/mol. The molecule has 7 heteroatoms. The first kappa shape index (κ1) is 14.3. The van der Waals surface area contributed by atoms with Crippen LogP contribution in [0.25, 0.3) is 0 Å². The summed E-state index contributed by atoms with van der Waals surface area (Å²) in [7, 11) is 0. The molecule has 0 spiro atoms. The molecule has 0 amide bonds. The molecule has 0 aromatic heterocycles. The van der Waals surface area contributed by atoms with Crippen LogP contribution in [0, 0.1) is 10.1 Å². The Bertz CT molecular complexity index is 586. The minimum absolute atomic E-state index is 0.0474. The van der Waals surface area contributed by atoms with Gasteiger partial charge in [-0.05, 0) is 19.3 Å². The second kappa shape index (κ2) is 5.92. The molecule has 0 saturated carbocycles. The van der Waals surface area contributed by atoms with Gasteiger partial charge in [-0.25, -0.2) is 4.79 Å². The average molecular weight is 297 g/mol. The molecule has 20 heavy (non-hydrogen) atoms. The zero-order chi connectivity index (χ0) is 14.7. The maximum atomic E-state index is 11.3. The van der Waals surface area contributed by atoms with Gasteiger partial charge < -0.3 is 10.4 Å². The van der Waals surface area contributed by atoms with E-state index in [4.69, 9.17) is 11.6 Å². The third-order valence-electron chi connectivity index (χ3n) is 3.13. The standard InChI is InChI=1S/C13H13ClN2O4/c14-11-7-9(16(19)20)6-10(13(17)18)12(11)15-8-4-2-1-3-5-8/h1-2,6-8,15H,3-5H2,(H,17,18). The average Bonchev–Trinajstić information content (AvgIpc) is 2.41. The van der Waals surface area contributed by atoms with Crippen molar-refractivity contribution in [3.05, 3.63) is 45.0 Å². The van der Waals surface area contributed by atoms with Gasteiger partial charge in [-0.1, -0.05) is 23.8 Å². The Hall–Kier alpha value is -2.08. The summed E-state index contributed by atoms with van der Waals surface area (Å²) in [6, 6.07) is 2.27. The van der Waals surface area contributed by atoms with Crippen LogP contribution in [0.2, 0.25) is 5.02 Å². The van der Waals surface area contributed by atoms with Crippen molar-refractivity contribution < 1.29 is 14.8 Å². The number of nitrogens with one attached hydrogen (secondary N) is 1. The van der Waals surface area contributed by atoms with E-state index in [0.29, 0.717) is 0 Å². The molecule has 0 radical (unpaired) electrons. The molecule has 0 saturated heterocycles. The smallest absolute Gasteiger partial charge is 0.338 e. The molecular weight excluding hydrogens is 284 g/mol. The normalized spacial score (nSPS) is 17.8. The summed E-state index contributed by atoms with van der Waals surface area (Å²) in [5.41, 5.74) is -0.273. The quantitative estimate of drug-likeness (QED) is 0.504. The lowest BCUT2D eigenvalue weighted by Crippen LogP contribution is -2.22. The molecule has 2 N–H and O–H groups in total. The molecule has 0 fully saturated rings.